The van der Waals surface area contributed by atoms with Gasteiger partial charge in [0.1, 0.15) is 17.2 Å². The van der Waals surface area contributed by atoms with Crippen molar-refractivity contribution >= 4 is 11.8 Å². The molecule has 0 radical (unpaired) electrons. The summed E-state index contributed by atoms with van der Waals surface area (Å²) in [7, 11) is 1.76. The topological polar surface area (TPSA) is 35.8 Å². The van der Waals surface area contributed by atoms with Crippen LogP contribution in [0.15, 0.2) is 23.1 Å². The van der Waals surface area contributed by atoms with Gasteiger partial charge in [-0.15, -0.1) is 11.8 Å². The van der Waals surface area contributed by atoms with E-state index in [9.17, 15) is 8.78 Å². The van der Waals surface area contributed by atoms with Crippen molar-refractivity contribution in [3.8, 4) is 6.07 Å². The number of hydrogen-bond acceptors (Lipinski definition) is 3. The minimum absolute atomic E-state index is 0.147. The summed E-state index contributed by atoms with van der Waals surface area (Å²) in [4.78, 5) is 0.324. The van der Waals surface area contributed by atoms with Gasteiger partial charge >= 0.3 is 0 Å². The van der Waals surface area contributed by atoms with Gasteiger partial charge in [-0.05, 0) is 44.5 Å². The lowest BCUT2D eigenvalue weighted by Gasteiger charge is -2.19. The smallest absolute Gasteiger partial charge is 0.136 e. The summed E-state index contributed by atoms with van der Waals surface area (Å²) < 4.78 is 26.6. The van der Waals surface area contributed by atoms with E-state index in [2.05, 4.69) is 11.4 Å². The molecule has 18 heavy (non-hydrogen) atoms. The van der Waals surface area contributed by atoms with Gasteiger partial charge in [0.05, 0.1) is 6.07 Å². The van der Waals surface area contributed by atoms with Crippen LogP contribution in [0.4, 0.5) is 8.78 Å². The Bertz CT molecular complexity index is 486. The van der Waals surface area contributed by atoms with Crippen LogP contribution >= 0.6 is 11.8 Å². The Labute approximate surface area is 109 Å². The summed E-state index contributed by atoms with van der Waals surface area (Å²) >= 11 is 1.32. The predicted molar refractivity (Wildman–Crippen MR) is 67.3 cm³/mol. The zero-order chi connectivity index (χ0) is 13.2. The molecule has 0 aromatic heterocycles. The molecule has 2 rings (SSSR count). The molecule has 0 bridgehead atoms. The molecule has 96 valence electrons. The van der Waals surface area contributed by atoms with Crippen LogP contribution in [0, 0.1) is 23.0 Å². The van der Waals surface area contributed by atoms with Crippen molar-refractivity contribution in [1.29, 1.82) is 5.26 Å². The maximum Gasteiger partial charge on any atom is 0.136 e. The fraction of sp³-hybridized carbons (Fsp3) is 0.462. The molecule has 0 spiro atoms. The molecule has 1 aliphatic rings. The number of benzene rings is 1. The van der Waals surface area contributed by atoms with Crippen molar-refractivity contribution in [3.63, 3.8) is 0 Å². The van der Waals surface area contributed by atoms with E-state index in [0.717, 1.165) is 25.0 Å². The molecular weight excluding hydrogens is 254 g/mol. The normalized spacial score (nSPS) is 27.1. The first-order valence-corrected chi connectivity index (χ1v) is 6.68. The molecule has 1 N–H and O–H groups in total. The molecule has 1 aromatic rings. The van der Waals surface area contributed by atoms with Crippen LogP contribution in [0.3, 0.4) is 0 Å². The summed E-state index contributed by atoms with van der Waals surface area (Å²) in [6, 6.07) is 5.74. The fourth-order valence-corrected chi connectivity index (χ4v) is 3.56. The Hall–Kier alpha value is -1.12. The lowest BCUT2D eigenvalue weighted by atomic mass is 10.0. The van der Waals surface area contributed by atoms with E-state index in [4.69, 9.17) is 5.26 Å². The maximum absolute atomic E-state index is 13.5. The Morgan fingerprint density at radius 1 is 1.50 bits per heavy atom. The Balaban J connectivity index is 2.08. The van der Waals surface area contributed by atoms with E-state index in [1.165, 1.54) is 17.8 Å². The fourth-order valence-electron chi connectivity index (χ4n) is 2.23. The summed E-state index contributed by atoms with van der Waals surface area (Å²) in [6.45, 7) is 0. The number of halogens is 2. The number of thioether (sulfide) groups is 1. The maximum atomic E-state index is 13.5. The summed E-state index contributed by atoms with van der Waals surface area (Å²) in [5, 5.41) is 12.3. The first kappa shape index (κ1) is 13.3. The third-order valence-electron chi connectivity index (χ3n) is 3.35. The second-order valence-electron chi connectivity index (χ2n) is 4.50. The van der Waals surface area contributed by atoms with Gasteiger partial charge in [0.2, 0.25) is 0 Å². The highest BCUT2D eigenvalue weighted by atomic mass is 32.2. The quantitative estimate of drug-likeness (QED) is 0.915. The van der Waals surface area contributed by atoms with Crippen molar-refractivity contribution in [2.75, 3.05) is 7.05 Å². The second-order valence-corrected chi connectivity index (χ2v) is 5.84. The van der Waals surface area contributed by atoms with E-state index < -0.39 is 17.2 Å². The molecule has 0 saturated heterocycles. The van der Waals surface area contributed by atoms with E-state index in [0.29, 0.717) is 11.3 Å². The summed E-state index contributed by atoms with van der Waals surface area (Å²) in [5.74, 6) is -0.836. The molecule has 0 amide bonds. The molecule has 0 aliphatic heterocycles. The summed E-state index contributed by atoms with van der Waals surface area (Å²) in [5.41, 5.74) is -0.512. The van der Waals surface area contributed by atoms with Crippen molar-refractivity contribution < 1.29 is 8.78 Å². The molecule has 5 heteroatoms. The van der Waals surface area contributed by atoms with Crippen molar-refractivity contribution in [2.24, 2.45) is 0 Å². The van der Waals surface area contributed by atoms with Crippen LogP contribution < -0.4 is 5.32 Å². The Morgan fingerprint density at radius 2 is 2.28 bits per heavy atom. The van der Waals surface area contributed by atoms with Gasteiger partial charge in [0.15, 0.2) is 0 Å². The van der Waals surface area contributed by atoms with Crippen LogP contribution in [0.25, 0.3) is 0 Å². The molecule has 2 atom stereocenters. The largest absolute Gasteiger partial charge is 0.302 e. The van der Waals surface area contributed by atoms with E-state index in [-0.39, 0.29) is 5.25 Å². The minimum Gasteiger partial charge on any atom is -0.302 e. The van der Waals surface area contributed by atoms with Gasteiger partial charge in [0.25, 0.3) is 0 Å². The summed E-state index contributed by atoms with van der Waals surface area (Å²) in [6.07, 6.45) is 2.23. The molecular formula is C13H14F2N2S. The van der Waals surface area contributed by atoms with Crippen molar-refractivity contribution in [2.45, 2.75) is 34.9 Å². The highest BCUT2D eigenvalue weighted by Crippen LogP contribution is 2.40. The zero-order valence-electron chi connectivity index (χ0n) is 10.0. The molecule has 0 heterocycles. The SMILES string of the molecule is CNC1(C#N)CCC(Sc2cc(F)ccc2F)C1. The van der Waals surface area contributed by atoms with Crippen LogP contribution in [-0.2, 0) is 0 Å². The molecule has 2 unspecified atom stereocenters. The van der Waals surface area contributed by atoms with Gasteiger partial charge in [-0.1, -0.05) is 0 Å². The molecule has 1 aliphatic carbocycles. The van der Waals surface area contributed by atoms with Crippen molar-refractivity contribution in [3.05, 3.63) is 29.8 Å². The highest BCUT2D eigenvalue weighted by Gasteiger charge is 2.38. The van der Waals surface area contributed by atoms with Crippen LogP contribution in [0.2, 0.25) is 0 Å². The average Bonchev–Trinajstić information content (AvgIpc) is 2.78. The van der Waals surface area contributed by atoms with E-state index in [1.807, 2.05) is 0 Å². The van der Waals surface area contributed by atoms with Crippen LogP contribution in [0.5, 0.6) is 0 Å². The standard InChI is InChI=1S/C13H14F2N2S/c1-17-13(8-16)5-4-10(7-13)18-12-6-9(14)2-3-11(12)15/h2-3,6,10,17H,4-5,7H2,1H3. The van der Waals surface area contributed by atoms with Gasteiger partial charge in [0, 0.05) is 10.1 Å². The molecule has 1 fully saturated rings. The van der Waals surface area contributed by atoms with Crippen LogP contribution in [-0.4, -0.2) is 17.8 Å². The minimum atomic E-state index is -0.512. The number of hydrogen-bond donors (Lipinski definition) is 1. The predicted octanol–water partition coefficient (Wildman–Crippen LogP) is 3.09. The third kappa shape index (κ3) is 2.65. The average molecular weight is 268 g/mol. The second kappa shape index (κ2) is 5.25. The van der Waals surface area contributed by atoms with Gasteiger partial charge in [-0.3, -0.25) is 0 Å². The lowest BCUT2D eigenvalue weighted by molar-refractivity contribution is 0.464. The zero-order valence-corrected chi connectivity index (χ0v) is 10.9. The molecule has 2 nitrogen and oxygen atoms in total. The van der Waals surface area contributed by atoms with E-state index in [1.54, 1.807) is 7.05 Å². The number of nitrogens with one attached hydrogen (secondary N) is 1. The number of nitrogens with zero attached hydrogens (tertiary/aromatic N) is 1. The van der Waals surface area contributed by atoms with Crippen molar-refractivity contribution in [1.82, 2.24) is 5.32 Å². The van der Waals surface area contributed by atoms with Gasteiger partial charge in [-0.25, -0.2) is 8.78 Å². The molecule has 1 saturated carbocycles. The first-order chi connectivity index (χ1) is 8.58. The number of nitriles is 1. The van der Waals surface area contributed by atoms with Crippen LogP contribution in [0.1, 0.15) is 19.3 Å². The highest BCUT2D eigenvalue weighted by molar-refractivity contribution is 8.00. The Morgan fingerprint density at radius 3 is 2.89 bits per heavy atom. The molecule has 1 aromatic carbocycles. The Kier molecular flexibility index (Phi) is 3.88. The lowest BCUT2D eigenvalue weighted by Crippen LogP contribution is -2.38. The third-order valence-corrected chi connectivity index (χ3v) is 4.65. The van der Waals surface area contributed by atoms with E-state index >= 15 is 0 Å². The first-order valence-electron chi connectivity index (χ1n) is 5.80. The van der Waals surface area contributed by atoms with Gasteiger partial charge < -0.3 is 5.32 Å². The van der Waals surface area contributed by atoms with Gasteiger partial charge in [-0.2, -0.15) is 5.26 Å². The number of rotatable bonds is 3. The monoisotopic (exact) mass is 268 g/mol.